The summed E-state index contributed by atoms with van der Waals surface area (Å²) in [6, 6.07) is 7.41. The van der Waals surface area contributed by atoms with Crippen LogP contribution in [0.25, 0.3) is 0 Å². The molecular formula is C20H33O5P. The molecule has 0 spiro atoms. The van der Waals surface area contributed by atoms with E-state index in [9.17, 15) is 9.67 Å². The number of benzene rings is 1. The van der Waals surface area contributed by atoms with Gasteiger partial charge in [0.15, 0.2) is 0 Å². The quantitative estimate of drug-likeness (QED) is 0.432. The number of unbranched alkanes of at least 4 members (excludes halogenated alkanes) is 1. The molecule has 0 radical (unpaired) electrons. The summed E-state index contributed by atoms with van der Waals surface area (Å²) in [5.74, 6) is 2.43. The van der Waals surface area contributed by atoms with Crippen molar-refractivity contribution < 1.29 is 23.5 Å². The third kappa shape index (κ3) is 8.05. The van der Waals surface area contributed by atoms with Crippen molar-refractivity contribution in [2.45, 2.75) is 59.0 Å². The van der Waals surface area contributed by atoms with Crippen molar-refractivity contribution in [3.05, 3.63) is 41.2 Å². The Bertz CT molecular complexity index is 572. The van der Waals surface area contributed by atoms with Gasteiger partial charge in [-0.05, 0) is 57.2 Å². The van der Waals surface area contributed by atoms with Gasteiger partial charge in [-0.2, -0.15) is 0 Å². The molecule has 1 unspecified atom stereocenters. The van der Waals surface area contributed by atoms with Crippen LogP contribution in [0.4, 0.5) is 0 Å². The minimum atomic E-state index is -3.22. The fourth-order valence-electron chi connectivity index (χ4n) is 2.67. The van der Waals surface area contributed by atoms with Gasteiger partial charge in [-0.15, -0.1) is 0 Å². The largest absolute Gasteiger partial charge is 0.497 e. The van der Waals surface area contributed by atoms with E-state index in [4.69, 9.17) is 13.8 Å². The average Bonchev–Trinajstić information content (AvgIpc) is 2.64. The number of aliphatic hydroxyl groups is 1. The maximum atomic E-state index is 12.8. The van der Waals surface area contributed by atoms with Gasteiger partial charge in [0.2, 0.25) is 0 Å². The average molecular weight is 384 g/mol. The Balaban J connectivity index is 2.81. The minimum Gasteiger partial charge on any atom is -0.497 e. The molecular weight excluding hydrogens is 351 g/mol. The first-order valence-electron chi connectivity index (χ1n) is 9.39. The fraction of sp³-hybridized carbons (Fsp3) is 0.600. The van der Waals surface area contributed by atoms with Crippen LogP contribution in [0.2, 0.25) is 0 Å². The molecule has 0 saturated carbocycles. The molecule has 1 atom stereocenters. The Morgan fingerprint density at radius 2 is 1.73 bits per heavy atom. The smallest absolute Gasteiger partial charge is 0.354 e. The van der Waals surface area contributed by atoms with Crippen molar-refractivity contribution in [1.29, 1.82) is 0 Å². The summed E-state index contributed by atoms with van der Waals surface area (Å²) in [6.07, 6.45) is 3.51. The Morgan fingerprint density at radius 1 is 1.12 bits per heavy atom. The van der Waals surface area contributed by atoms with Gasteiger partial charge in [0.05, 0.1) is 26.4 Å². The van der Waals surface area contributed by atoms with Gasteiger partial charge in [-0.1, -0.05) is 31.1 Å². The van der Waals surface area contributed by atoms with Crippen LogP contribution >= 0.6 is 7.60 Å². The van der Waals surface area contributed by atoms with Crippen molar-refractivity contribution in [2.24, 2.45) is 0 Å². The normalized spacial score (nSPS) is 13.7. The molecule has 0 aliphatic heterocycles. The zero-order valence-electron chi connectivity index (χ0n) is 16.4. The SMILES string of the molecule is CCCC/C(=C\P(=O)(OCC)OCC)CCC(O)c1ccc(OC)cc1. The molecule has 1 N–H and O–H groups in total. The molecule has 148 valence electrons. The minimum absolute atomic E-state index is 0.337. The van der Waals surface area contributed by atoms with Crippen LogP contribution in [0.15, 0.2) is 35.7 Å². The molecule has 0 heterocycles. The van der Waals surface area contributed by atoms with Crippen molar-refractivity contribution in [2.75, 3.05) is 20.3 Å². The first-order valence-corrected chi connectivity index (χ1v) is 11.0. The molecule has 6 heteroatoms. The lowest BCUT2D eigenvalue weighted by Crippen LogP contribution is -2.00. The number of methoxy groups -OCH3 is 1. The number of hydrogen-bond donors (Lipinski definition) is 1. The second-order valence-electron chi connectivity index (χ2n) is 6.09. The Kier molecular flexibility index (Phi) is 10.8. The topological polar surface area (TPSA) is 65.0 Å². The summed E-state index contributed by atoms with van der Waals surface area (Å²) in [5, 5.41) is 10.5. The number of aliphatic hydroxyl groups excluding tert-OH is 1. The van der Waals surface area contributed by atoms with E-state index in [-0.39, 0.29) is 0 Å². The van der Waals surface area contributed by atoms with Gasteiger partial charge in [0, 0.05) is 5.82 Å². The highest BCUT2D eigenvalue weighted by Gasteiger charge is 2.21. The molecule has 0 amide bonds. The molecule has 0 aromatic heterocycles. The van der Waals surface area contributed by atoms with Crippen LogP contribution in [0.3, 0.4) is 0 Å². The molecule has 0 saturated heterocycles. The number of rotatable bonds is 13. The summed E-state index contributed by atoms with van der Waals surface area (Å²) >= 11 is 0. The number of ether oxygens (including phenoxy) is 1. The van der Waals surface area contributed by atoms with Gasteiger partial charge < -0.3 is 18.9 Å². The Morgan fingerprint density at radius 3 is 2.23 bits per heavy atom. The lowest BCUT2D eigenvalue weighted by atomic mass is 9.99. The fourth-order valence-corrected chi connectivity index (χ4v) is 4.32. The lowest BCUT2D eigenvalue weighted by Gasteiger charge is -2.17. The number of allylic oxidation sites excluding steroid dienone is 1. The van der Waals surface area contributed by atoms with Crippen molar-refractivity contribution in [3.63, 3.8) is 0 Å². The maximum absolute atomic E-state index is 12.8. The number of hydrogen-bond acceptors (Lipinski definition) is 5. The summed E-state index contributed by atoms with van der Waals surface area (Å²) in [7, 11) is -1.60. The van der Waals surface area contributed by atoms with E-state index in [1.54, 1.807) is 26.8 Å². The second-order valence-corrected chi connectivity index (χ2v) is 7.95. The summed E-state index contributed by atoms with van der Waals surface area (Å²) in [6.45, 7) is 6.40. The van der Waals surface area contributed by atoms with Gasteiger partial charge in [-0.25, -0.2) is 0 Å². The molecule has 0 aliphatic carbocycles. The van der Waals surface area contributed by atoms with E-state index in [2.05, 4.69) is 6.92 Å². The van der Waals surface area contributed by atoms with Crippen LogP contribution in [-0.2, 0) is 13.6 Å². The molecule has 1 rings (SSSR count). The van der Waals surface area contributed by atoms with Gasteiger partial charge in [-0.3, -0.25) is 4.57 Å². The van der Waals surface area contributed by atoms with Gasteiger partial charge in [0.25, 0.3) is 0 Å². The van der Waals surface area contributed by atoms with E-state index < -0.39 is 13.7 Å². The first kappa shape index (κ1) is 22.9. The van der Waals surface area contributed by atoms with Crippen molar-refractivity contribution in [1.82, 2.24) is 0 Å². The van der Waals surface area contributed by atoms with Crippen molar-refractivity contribution in [3.8, 4) is 5.75 Å². The van der Waals surface area contributed by atoms with Crippen LogP contribution < -0.4 is 4.74 Å². The van der Waals surface area contributed by atoms with E-state index in [0.717, 1.165) is 36.1 Å². The molecule has 1 aromatic carbocycles. The molecule has 0 fully saturated rings. The zero-order valence-corrected chi connectivity index (χ0v) is 17.3. The summed E-state index contributed by atoms with van der Waals surface area (Å²) in [4.78, 5) is 0. The van der Waals surface area contributed by atoms with Crippen molar-refractivity contribution >= 4 is 7.60 Å². The predicted molar refractivity (Wildman–Crippen MR) is 106 cm³/mol. The van der Waals surface area contributed by atoms with E-state index in [0.29, 0.717) is 26.1 Å². The standard InChI is InChI=1S/C20H33O5P/c1-5-8-9-17(16-26(22,24-6-2)25-7-3)10-15-20(21)18-11-13-19(23-4)14-12-18/h11-14,16,20-21H,5-10,15H2,1-4H3/b17-16+. The highest BCUT2D eigenvalue weighted by Crippen LogP contribution is 2.51. The lowest BCUT2D eigenvalue weighted by molar-refractivity contribution is 0.167. The molecule has 26 heavy (non-hydrogen) atoms. The second kappa shape index (κ2) is 12.3. The molecule has 0 aliphatic rings. The zero-order chi connectivity index (χ0) is 19.4. The predicted octanol–water partition coefficient (Wildman–Crippen LogP) is 5.85. The van der Waals surface area contributed by atoms with Crippen LogP contribution in [0, 0.1) is 0 Å². The van der Waals surface area contributed by atoms with E-state index in [1.807, 2.05) is 24.3 Å². The highest BCUT2D eigenvalue weighted by atomic mass is 31.2. The van der Waals surface area contributed by atoms with Gasteiger partial charge >= 0.3 is 7.60 Å². The summed E-state index contributed by atoms with van der Waals surface area (Å²) < 4.78 is 28.7. The molecule has 5 nitrogen and oxygen atoms in total. The third-order valence-electron chi connectivity index (χ3n) is 4.05. The highest BCUT2D eigenvalue weighted by molar-refractivity contribution is 7.57. The third-order valence-corrected chi connectivity index (χ3v) is 5.97. The Hall–Kier alpha value is -1.13. The summed E-state index contributed by atoms with van der Waals surface area (Å²) in [5.41, 5.74) is 1.86. The first-order chi connectivity index (χ1) is 12.5. The monoisotopic (exact) mass is 384 g/mol. The van der Waals surface area contributed by atoms with E-state index >= 15 is 0 Å². The van der Waals surface area contributed by atoms with Gasteiger partial charge in [0.1, 0.15) is 5.75 Å². The van der Waals surface area contributed by atoms with E-state index in [1.165, 1.54) is 0 Å². The Labute approximate surface area is 157 Å². The van der Waals surface area contributed by atoms with Crippen LogP contribution in [0.5, 0.6) is 5.75 Å². The molecule has 0 bridgehead atoms. The maximum Gasteiger partial charge on any atom is 0.354 e. The molecule has 1 aromatic rings. The van der Waals surface area contributed by atoms with Crippen LogP contribution in [-0.4, -0.2) is 25.4 Å². The van der Waals surface area contributed by atoms with Crippen LogP contribution in [0.1, 0.15) is 64.5 Å².